The molecule has 1 aliphatic heterocycles. The molecule has 0 bridgehead atoms. The number of amides is 1. The molecule has 1 amide bonds. The number of aliphatic hydroxyl groups excluding tert-OH is 1. The standard InChI is InChI=1S/C24H25Cl2NO6/c1-13(2)12-27-19-9-8-15(25)10-17(19)22(16-6-4-5-7-18(16)26)32-20(23(27)30)11-21(29)33-24(31)14(3)28/h4-10,13-14,20,22,28H,11-12H2,1-3H3/t14?,20-,22-/m0/s1. The topological polar surface area (TPSA) is 93.1 Å². The Morgan fingerprint density at radius 1 is 1.12 bits per heavy atom. The van der Waals surface area contributed by atoms with Crippen LogP contribution in [0.4, 0.5) is 5.69 Å². The summed E-state index contributed by atoms with van der Waals surface area (Å²) in [6.07, 6.45) is -4.06. The number of carbonyl (C=O) groups is 3. The van der Waals surface area contributed by atoms with Crippen molar-refractivity contribution in [1.29, 1.82) is 0 Å². The second-order valence-electron chi connectivity index (χ2n) is 8.25. The highest BCUT2D eigenvalue weighted by Crippen LogP contribution is 2.42. The molecule has 1 unspecified atom stereocenters. The van der Waals surface area contributed by atoms with Crippen molar-refractivity contribution in [2.75, 3.05) is 11.4 Å². The zero-order chi connectivity index (χ0) is 24.3. The van der Waals surface area contributed by atoms with Gasteiger partial charge in [-0.25, -0.2) is 4.79 Å². The highest BCUT2D eigenvalue weighted by Gasteiger charge is 2.39. The van der Waals surface area contributed by atoms with Crippen LogP contribution in [0.1, 0.15) is 44.4 Å². The van der Waals surface area contributed by atoms with E-state index in [1.165, 1.54) is 6.92 Å². The van der Waals surface area contributed by atoms with Crippen molar-refractivity contribution in [2.24, 2.45) is 5.92 Å². The summed E-state index contributed by atoms with van der Waals surface area (Å²) < 4.78 is 10.8. The molecule has 2 aromatic carbocycles. The molecule has 3 atom stereocenters. The van der Waals surface area contributed by atoms with Crippen molar-refractivity contribution in [1.82, 2.24) is 0 Å². The Hall–Kier alpha value is -2.45. The van der Waals surface area contributed by atoms with Crippen molar-refractivity contribution in [3.05, 3.63) is 63.6 Å². The van der Waals surface area contributed by atoms with Crippen molar-refractivity contribution in [2.45, 2.75) is 45.5 Å². The molecule has 0 saturated heterocycles. The number of hydrogen-bond acceptors (Lipinski definition) is 6. The van der Waals surface area contributed by atoms with Crippen LogP contribution >= 0.6 is 23.2 Å². The van der Waals surface area contributed by atoms with Gasteiger partial charge in [-0.15, -0.1) is 0 Å². The van der Waals surface area contributed by atoms with Gasteiger partial charge in [0.15, 0.2) is 0 Å². The molecule has 0 radical (unpaired) electrons. The Morgan fingerprint density at radius 3 is 2.45 bits per heavy atom. The predicted molar refractivity (Wildman–Crippen MR) is 124 cm³/mol. The highest BCUT2D eigenvalue weighted by atomic mass is 35.5. The van der Waals surface area contributed by atoms with Gasteiger partial charge in [0.2, 0.25) is 0 Å². The van der Waals surface area contributed by atoms with Gasteiger partial charge in [0.1, 0.15) is 18.3 Å². The first-order valence-electron chi connectivity index (χ1n) is 10.5. The fourth-order valence-electron chi connectivity index (χ4n) is 3.58. The Kier molecular flexibility index (Phi) is 8.13. The molecule has 2 aromatic rings. The average Bonchev–Trinajstić information content (AvgIpc) is 2.84. The monoisotopic (exact) mass is 493 g/mol. The Balaban J connectivity index is 2.08. The molecule has 0 aliphatic carbocycles. The van der Waals surface area contributed by atoms with Gasteiger partial charge < -0.3 is 19.5 Å². The van der Waals surface area contributed by atoms with Gasteiger partial charge in [0.25, 0.3) is 5.91 Å². The van der Waals surface area contributed by atoms with Gasteiger partial charge in [-0.3, -0.25) is 9.59 Å². The van der Waals surface area contributed by atoms with Crippen LogP contribution < -0.4 is 4.90 Å². The van der Waals surface area contributed by atoms with Crippen LogP contribution in [0.15, 0.2) is 42.5 Å². The molecule has 0 fully saturated rings. The number of esters is 2. The number of nitrogens with zero attached hydrogens (tertiary/aromatic N) is 1. The third-order valence-corrected chi connectivity index (χ3v) is 5.63. The second-order valence-corrected chi connectivity index (χ2v) is 9.09. The first-order chi connectivity index (χ1) is 15.6. The van der Waals surface area contributed by atoms with E-state index in [0.29, 0.717) is 33.4 Å². The maximum atomic E-state index is 13.5. The van der Waals surface area contributed by atoms with Crippen molar-refractivity contribution in [3.8, 4) is 0 Å². The molecule has 0 aromatic heterocycles. The molecule has 1 aliphatic rings. The molecule has 176 valence electrons. The lowest BCUT2D eigenvalue weighted by Gasteiger charge is -2.26. The van der Waals surface area contributed by atoms with Crippen LogP contribution in [0.2, 0.25) is 10.0 Å². The molecule has 1 heterocycles. The first kappa shape index (κ1) is 25.2. The summed E-state index contributed by atoms with van der Waals surface area (Å²) >= 11 is 12.7. The van der Waals surface area contributed by atoms with E-state index in [4.69, 9.17) is 27.9 Å². The summed E-state index contributed by atoms with van der Waals surface area (Å²) in [7, 11) is 0. The van der Waals surface area contributed by atoms with Gasteiger partial charge in [-0.1, -0.05) is 55.2 Å². The van der Waals surface area contributed by atoms with E-state index >= 15 is 0 Å². The van der Waals surface area contributed by atoms with Crippen molar-refractivity contribution >= 4 is 46.7 Å². The number of anilines is 1. The number of hydrogen-bond donors (Lipinski definition) is 1. The summed E-state index contributed by atoms with van der Waals surface area (Å²) in [5.74, 6) is -2.43. The summed E-state index contributed by atoms with van der Waals surface area (Å²) in [4.78, 5) is 39.1. The Bertz CT molecular complexity index is 1060. The lowest BCUT2D eigenvalue weighted by atomic mass is 9.99. The highest BCUT2D eigenvalue weighted by molar-refractivity contribution is 6.31. The number of rotatable bonds is 6. The van der Waals surface area contributed by atoms with E-state index in [-0.39, 0.29) is 5.92 Å². The van der Waals surface area contributed by atoms with E-state index in [1.807, 2.05) is 13.8 Å². The molecular formula is C24H25Cl2NO6. The largest absolute Gasteiger partial charge is 0.391 e. The summed E-state index contributed by atoms with van der Waals surface area (Å²) in [5.41, 5.74) is 1.82. The minimum absolute atomic E-state index is 0.110. The van der Waals surface area contributed by atoms with Crippen LogP contribution in [0.3, 0.4) is 0 Å². The molecule has 9 heteroatoms. The van der Waals surface area contributed by atoms with E-state index in [1.54, 1.807) is 47.4 Å². The zero-order valence-electron chi connectivity index (χ0n) is 18.5. The Morgan fingerprint density at radius 2 is 1.82 bits per heavy atom. The molecular weight excluding hydrogens is 469 g/mol. The summed E-state index contributed by atoms with van der Waals surface area (Å²) in [5, 5.41) is 10.2. The SMILES string of the molecule is CC(C)CN1C(=O)[C@H](CC(=O)OC(=O)C(C)O)O[C@@H](c2ccccc2Cl)c2cc(Cl)ccc21. The van der Waals surface area contributed by atoms with Gasteiger partial charge in [0.05, 0.1) is 6.42 Å². The van der Waals surface area contributed by atoms with Crippen LogP contribution in [-0.4, -0.2) is 41.7 Å². The van der Waals surface area contributed by atoms with Crippen LogP contribution in [-0.2, 0) is 23.9 Å². The minimum Gasteiger partial charge on any atom is -0.391 e. The number of halogens is 2. The third kappa shape index (κ3) is 5.92. The normalized spacial score (nSPS) is 19.1. The summed E-state index contributed by atoms with van der Waals surface area (Å²) in [6, 6.07) is 12.2. The average molecular weight is 494 g/mol. The fraction of sp³-hybridized carbons (Fsp3) is 0.375. The molecule has 33 heavy (non-hydrogen) atoms. The molecule has 7 nitrogen and oxygen atoms in total. The smallest absolute Gasteiger partial charge is 0.342 e. The number of ether oxygens (including phenoxy) is 2. The van der Waals surface area contributed by atoms with Gasteiger partial charge in [-0.2, -0.15) is 0 Å². The van der Waals surface area contributed by atoms with Crippen molar-refractivity contribution in [3.63, 3.8) is 0 Å². The van der Waals surface area contributed by atoms with Gasteiger partial charge >= 0.3 is 11.9 Å². The van der Waals surface area contributed by atoms with E-state index in [9.17, 15) is 19.5 Å². The molecule has 0 saturated carbocycles. The van der Waals surface area contributed by atoms with E-state index < -0.39 is 42.6 Å². The minimum atomic E-state index is -1.47. The molecule has 0 spiro atoms. The maximum absolute atomic E-state index is 13.5. The molecule has 1 N–H and O–H groups in total. The molecule has 3 rings (SSSR count). The van der Waals surface area contributed by atoms with E-state index in [0.717, 1.165) is 0 Å². The van der Waals surface area contributed by atoms with Crippen LogP contribution in [0.5, 0.6) is 0 Å². The maximum Gasteiger partial charge on any atom is 0.342 e. The van der Waals surface area contributed by atoms with E-state index in [2.05, 4.69) is 4.74 Å². The van der Waals surface area contributed by atoms with Gasteiger partial charge in [-0.05, 0) is 37.1 Å². The number of fused-ring (bicyclic) bond motifs is 1. The number of benzene rings is 2. The van der Waals surface area contributed by atoms with Crippen molar-refractivity contribution < 1.29 is 29.0 Å². The quantitative estimate of drug-likeness (QED) is 0.475. The Labute approximate surface area is 202 Å². The zero-order valence-corrected chi connectivity index (χ0v) is 20.0. The predicted octanol–water partition coefficient (Wildman–Crippen LogP) is 4.31. The number of aliphatic hydroxyl groups is 1. The second kappa shape index (κ2) is 10.7. The van der Waals surface area contributed by atoms with Gasteiger partial charge in [0, 0.05) is 33.4 Å². The van der Waals surface area contributed by atoms with Crippen LogP contribution in [0, 0.1) is 5.92 Å². The first-order valence-corrected chi connectivity index (χ1v) is 11.3. The van der Waals surface area contributed by atoms with Crippen LogP contribution in [0.25, 0.3) is 0 Å². The summed E-state index contributed by atoms with van der Waals surface area (Å²) in [6.45, 7) is 5.47. The lowest BCUT2D eigenvalue weighted by Crippen LogP contribution is -2.42. The number of carbonyl (C=O) groups excluding carboxylic acids is 3. The lowest BCUT2D eigenvalue weighted by molar-refractivity contribution is -0.168. The fourth-order valence-corrected chi connectivity index (χ4v) is 3.99. The third-order valence-electron chi connectivity index (χ3n) is 5.05.